The zero-order chi connectivity index (χ0) is 12.4. The lowest BCUT2D eigenvalue weighted by Gasteiger charge is -2.14. The molecule has 1 aromatic heterocycles. The van der Waals surface area contributed by atoms with Gasteiger partial charge in [0.05, 0.1) is 4.47 Å². The molecule has 17 heavy (non-hydrogen) atoms. The van der Waals surface area contributed by atoms with E-state index in [1.54, 1.807) is 36.7 Å². The first-order valence-corrected chi connectivity index (χ1v) is 5.93. The molecule has 1 atom stereocenters. The van der Waals surface area contributed by atoms with Gasteiger partial charge in [-0.3, -0.25) is 4.98 Å². The van der Waals surface area contributed by atoms with E-state index < -0.39 is 11.9 Å². The van der Waals surface area contributed by atoms with Gasteiger partial charge >= 0.3 is 0 Å². The Morgan fingerprint density at radius 2 is 2.06 bits per heavy atom. The van der Waals surface area contributed by atoms with Crippen LogP contribution in [0.5, 0.6) is 0 Å². The fourth-order valence-corrected chi connectivity index (χ4v) is 2.07. The van der Waals surface area contributed by atoms with Crippen molar-refractivity contribution in [2.24, 2.45) is 0 Å². The van der Waals surface area contributed by atoms with E-state index in [-0.39, 0.29) is 5.56 Å². The summed E-state index contributed by atoms with van der Waals surface area (Å²) in [5, 5.41) is 10.2. The summed E-state index contributed by atoms with van der Waals surface area (Å²) in [6.45, 7) is 1.83. The van der Waals surface area contributed by atoms with Gasteiger partial charge in [0.15, 0.2) is 0 Å². The third kappa shape index (κ3) is 2.37. The van der Waals surface area contributed by atoms with E-state index in [2.05, 4.69) is 20.9 Å². The Bertz CT molecular complexity index is 545. The Morgan fingerprint density at radius 3 is 2.76 bits per heavy atom. The zero-order valence-corrected chi connectivity index (χ0v) is 10.8. The molecule has 1 heterocycles. The van der Waals surface area contributed by atoms with Gasteiger partial charge in [0, 0.05) is 18.0 Å². The van der Waals surface area contributed by atoms with Crippen LogP contribution < -0.4 is 0 Å². The second-order valence-electron chi connectivity index (χ2n) is 3.78. The first kappa shape index (κ1) is 12.2. The van der Waals surface area contributed by atoms with Gasteiger partial charge in [-0.15, -0.1) is 0 Å². The summed E-state index contributed by atoms with van der Waals surface area (Å²) in [6, 6.07) is 6.57. The number of benzene rings is 1. The molecule has 1 aromatic carbocycles. The monoisotopic (exact) mass is 295 g/mol. The lowest BCUT2D eigenvalue weighted by atomic mass is 9.99. The predicted octanol–water partition coefficient (Wildman–Crippen LogP) is 3.37. The van der Waals surface area contributed by atoms with Gasteiger partial charge in [0.25, 0.3) is 0 Å². The van der Waals surface area contributed by atoms with Gasteiger partial charge < -0.3 is 5.11 Å². The molecular weight excluding hydrogens is 285 g/mol. The van der Waals surface area contributed by atoms with Crippen LogP contribution in [0.3, 0.4) is 0 Å². The molecule has 0 aliphatic rings. The number of aliphatic hydroxyl groups is 1. The molecule has 4 heteroatoms. The van der Waals surface area contributed by atoms with Crippen molar-refractivity contribution in [2.45, 2.75) is 13.0 Å². The predicted molar refractivity (Wildman–Crippen MR) is 67.1 cm³/mol. The summed E-state index contributed by atoms with van der Waals surface area (Å²) in [5.41, 5.74) is 1.75. The fourth-order valence-electron chi connectivity index (χ4n) is 1.69. The maximum absolute atomic E-state index is 13.8. The Balaban J connectivity index is 2.48. The molecule has 0 radical (unpaired) electrons. The van der Waals surface area contributed by atoms with Crippen LogP contribution in [0, 0.1) is 12.7 Å². The first-order chi connectivity index (χ1) is 8.11. The quantitative estimate of drug-likeness (QED) is 0.921. The molecule has 1 unspecified atom stereocenters. The van der Waals surface area contributed by atoms with Crippen molar-refractivity contribution in [1.82, 2.24) is 4.98 Å². The highest BCUT2D eigenvalue weighted by Crippen LogP contribution is 2.29. The largest absolute Gasteiger partial charge is 0.384 e. The van der Waals surface area contributed by atoms with Crippen LogP contribution in [0.1, 0.15) is 22.8 Å². The molecule has 0 spiro atoms. The molecule has 0 aliphatic carbocycles. The molecular formula is C13H11BrFNO. The summed E-state index contributed by atoms with van der Waals surface area (Å²) < 4.78 is 14.2. The van der Waals surface area contributed by atoms with E-state index in [0.717, 1.165) is 5.56 Å². The van der Waals surface area contributed by atoms with E-state index in [1.165, 1.54) is 0 Å². The lowest BCUT2D eigenvalue weighted by molar-refractivity contribution is 0.214. The SMILES string of the molecule is Cc1cnccc1C(O)c1cccc(Br)c1F. The number of rotatable bonds is 2. The third-order valence-corrected chi connectivity index (χ3v) is 3.25. The highest BCUT2D eigenvalue weighted by Gasteiger charge is 2.17. The fraction of sp³-hybridized carbons (Fsp3) is 0.154. The minimum absolute atomic E-state index is 0.258. The summed E-state index contributed by atoms with van der Waals surface area (Å²) in [6.07, 6.45) is 2.26. The van der Waals surface area contributed by atoms with E-state index in [1.807, 2.05) is 6.92 Å². The number of aliphatic hydroxyl groups excluding tert-OH is 1. The van der Waals surface area contributed by atoms with Gasteiger partial charge in [-0.1, -0.05) is 12.1 Å². The third-order valence-electron chi connectivity index (χ3n) is 2.63. The van der Waals surface area contributed by atoms with E-state index >= 15 is 0 Å². The first-order valence-electron chi connectivity index (χ1n) is 5.13. The molecule has 0 saturated heterocycles. The Labute approximate surface area is 107 Å². The number of hydrogen-bond donors (Lipinski definition) is 1. The van der Waals surface area contributed by atoms with Gasteiger partial charge in [-0.2, -0.15) is 0 Å². The number of hydrogen-bond acceptors (Lipinski definition) is 2. The summed E-state index contributed by atoms with van der Waals surface area (Å²) in [4.78, 5) is 3.95. The van der Waals surface area contributed by atoms with Crippen LogP contribution in [0.4, 0.5) is 4.39 Å². The number of halogens is 2. The van der Waals surface area contributed by atoms with Crippen LogP contribution in [-0.2, 0) is 0 Å². The van der Waals surface area contributed by atoms with Crippen molar-refractivity contribution >= 4 is 15.9 Å². The number of aromatic nitrogens is 1. The molecule has 2 rings (SSSR count). The molecule has 0 saturated carbocycles. The number of nitrogens with zero attached hydrogens (tertiary/aromatic N) is 1. The van der Waals surface area contributed by atoms with Gasteiger partial charge in [0.1, 0.15) is 11.9 Å². The maximum Gasteiger partial charge on any atom is 0.143 e. The Hall–Kier alpha value is -1.26. The lowest BCUT2D eigenvalue weighted by Crippen LogP contribution is -2.05. The van der Waals surface area contributed by atoms with Crippen molar-refractivity contribution in [2.75, 3.05) is 0 Å². The van der Waals surface area contributed by atoms with Crippen LogP contribution in [-0.4, -0.2) is 10.1 Å². The van der Waals surface area contributed by atoms with Gasteiger partial charge in [0.2, 0.25) is 0 Å². The molecule has 88 valence electrons. The van der Waals surface area contributed by atoms with Crippen molar-refractivity contribution in [3.63, 3.8) is 0 Å². The minimum atomic E-state index is -0.976. The average Bonchev–Trinajstić information content (AvgIpc) is 2.32. The molecule has 2 aromatic rings. The molecule has 2 nitrogen and oxygen atoms in total. The highest BCUT2D eigenvalue weighted by molar-refractivity contribution is 9.10. The van der Waals surface area contributed by atoms with Crippen LogP contribution in [0.25, 0.3) is 0 Å². The summed E-state index contributed by atoms with van der Waals surface area (Å²) in [5.74, 6) is -0.434. The summed E-state index contributed by atoms with van der Waals surface area (Å²) >= 11 is 3.11. The average molecular weight is 296 g/mol. The normalized spacial score (nSPS) is 12.5. The smallest absolute Gasteiger partial charge is 0.143 e. The van der Waals surface area contributed by atoms with Crippen LogP contribution in [0.15, 0.2) is 41.1 Å². The van der Waals surface area contributed by atoms with E-state index in [4.69, 9.17) is 0 Å². The second kappa shape index (κ2) is 4.94. The highest BCUT2D eigenvalue weighted by atomic mass is 79.9. The van der Waals surface area contributed by atoms with Crippen molar-refractivity contribution in [3.05, 3.63) is 63.6 Å². The number of aryl methyl sites for hydroxylation is 1. The van der Waals surface area contributed by atoms with Crippen molar-refractivity contribution in [3.8, 4) is 0 Å². The molecule has 0 aliphatic heterocycles. The topological polar surface area (TPSA) is 33.1 Å². The van der Waals surface area contributed by atoms with Crippen molar-refractivity contribution in [1.29, 1.82) is 0 Å². The summed E-state index contributed by atoms with van der Waals surface area (Å²) in [7, 11) is 0. The second-order valence-corrected chi connectivity index (χ2v) is 4.63. The zero-order valence-electron chi connectivity index (χ0n) is 9.19. The van der Waals surface area contributed by atoms with Gasteiger partial charge in [-0.05, 0) is 46.1 Å². The van der Waals surface area contributed by atoms with Gasteiger partial charge in [-0.25, -0.2) is 4.39 Å². The molecule has 0 amide bonds. The maximum atomic E-state index is 13.8. The Morgan fingerprint density at radius 1 is 1.29 bits per heavy atom. The molecule has 1 N–H and O–H groups in total. The van der Waals surface area contributed by atoms with E-state index in [9.17, 15) is 9.50 Å². The van der Waals surface area contributed by atoms with E-state index in [0.29, 0.717) is 10.0 Å². The molecule has 0 fully saturated rings. The van der Waals surface area contributed by atoms with Crippen molar-refractivity contribution < 1.29 is 9.50 Å². The minimum Gasteiger partial charge on any atom is -0.384 e. The molecule has 0 bridgehead atoms. The number of pyridine rings is 1. The van der Waals surface area contributed by atoms with Crippen LogP contribution in [0.2, 0.25) is 0 Å². The van der Waals surface area contributed by atoms with Crippen LogP contribution >= 0.6 is 15.9 Å². The Kier molecular flexibility index (Phi) is 3.54. The standard InChI is InChI=1S/C13H11BrFNO/c1-8-7-16-6-5-9(8)13(17)10-3-2-4-11(14)12(10)15/h2-7,13,17H,1H3.